The maximum atomic E-state index is 13.6. The second-order valence-electron chi connectivity index (χ2n) is 17.3. The monoisotopic (exact) mass is 766 g/mol. The number of carbonyl (C=O) groups is 1. The highest BCUT2D eigenvalue weighted by Crippen LogP contribution is 2.48. The van der Waals surface area contributed by atoms with Crippen LogP contribution in [0.5, 0.6) is 11.5 Å². The van der Waals surface area contributed by atoms with Gasteiger partial charge in [0.05, 0.1) is 33.5 Å². The molecule has 0 bridgehead atoms. The molecular formula is C43H62O10Si. The minimum Gasteiger partial charge on any atom is -0.496 e. The van der Waals surface area contributed by atoms with Crippen molar-refractivity contribution in [1.82, 2.24) is 0 Å². The molecule has 11 heteroatoms. The van der Waals surface area contributed by atoms with Gasteiger partial charge in [0.2, 0.25) is 0 Å². The molecule has 2 heterocycles. The molecule has 0 aliphatic carbocycles. The number of hydrogen-bond donors (Lipinski definition) is 1. The summed E-state index contributed by atoms with van der Waals surface area (Å²) in [4.78, 5) is 8.00. The van der Waals surface area contributed by atoms with Crippen molar-refractivity contribution in [1.29, 1.82) is 0 Å². The van der Waals surface area contributed by atoms with Gasteiger partial charge in [-0.15, -0.1) is 0 Å². The molecule has 2 saturated heterocycles. The average molecular weight is 767 g/mol. The molecule has 0 saturated carbocycles. The second kappa shape index (κ2) is 17.8. The van der Waals surface area contributed by atoms with Crippen molar-refractivity contribution in [3.63, 3.8) is 0 Å². The summed E-state index contributed by atoms with van der Waals surface area (Å²) in [6, 6.07) is 19.4. The molecule has 5 rings (SSSR count). The van der Waals surface area contributed by atoms with Gasteiger partial charge in [-0.2, -0.15) is 0 Å². The molecule has 0 radical (unpaired) electrons. The van der Waals surface area contributed by atoms with E-state index in [1.54, 1.807) is 14.2 Å². The van der Waals surface area contributed by atoms with Gasteiger partial charge in [-0.05, 0) is 59.9 Å². The number of benzene rings is 3. The van der Waals surface area contributed by atoms with Crippen molar-refractivity contribution >= 4 is 15.1 Å². The Kier molecular flexibility index (Phi) is 14.3. The molecule has 10 nitrogen and oxygen atoms in total. The van der Waals surface area contributed by atoms with Crippen LogP contribution in [0.1, 0.15) is 94.4 Å². The molecule has 2 fully saturated rings. The molecule has 54 heavy (non-hydrogen) atoms. The predicted octanol–water partition coefficient (Wildman–Crippen LogP) is 8.48. The van der Waals surface area contributed by atoms with Crippen molar-refractivity contribution in [2.75, 3.05) is 54.0 Å². The normalized spacial score (nSPS) is 19.0. The maximum absolute atomic E-state index is 13.6. The highest BCUT2D eigenvalue weighted by Gasteiger charge is 2.42. The van der Waals surface area contributed by atoms with Gasteiger partial charge in [0.15, 0.2) is 27.7 Å². The summed E-state index contributed by atoms with van der Waals surface area (Å²) in [6.45, 7) is 24.4. The molecule has 2 aliphatic heterocycles. The molecule has 0 spiro atoms. The van der Waals surface area contributed by atoms with Crippen LogP contribution < -0.4 is 9.47 Å². The van der Waals surface area contributed by atoms with E-state index < -0.39 is 26.5 Å². The molecule has 0 amide bonds. The van der Waals surface area contributed by atoms with Crippen LogP contribution >= 0.6 is 0 Å². The van der Waals surface area contributed by atoms with Crippen LogP contribution in [0.15, 0.2) is 60.7 Å². The summed E-state index contributed by atoms with van der Waals surface area (Å²) in [5.41, 5.74) is 2.16. The SMILES string of the molecule is C=O.COCOc1ccc(C2OCC(C)(C)CO2)cc1C(O)(c1cccc(CCO[Si](C)(C)C(C)(C)C)c1)c1cc(C2OCC(C)(C)CO2)ccc1OC. The summed E-state index contributed by atoms with van der Waals surface area (Å²) in [6.07, 6.45) is -0.546. The van der Waals surface area contributed by atoms with Crippen LogP contribution in [0.2, 0.25) is 18.1 Å². The van der Waals surface area contributed by atoms with Crippen LogP contribution in [0.4, 0.5) is 0 Å². The van der Waals surface area contributed by atoms with E-state index in [4.69, 9.17) is 42.4 Å². The zero-order chi connectivity index (χ0) is 40.0. The van der Waals surface area contributed by atoms with E-state index in [-0.39, 0.29) is 22.7 Å². The molecule has 0 aromatic heterocycles. The molecular weight excluding hydrogens is 705 g/mol. The van der Waals surface area contributed by atoms with Crippen LogP contribution in [0.3, 0.4) is 0 Å². The van der Waals surface area contributed by atoms with E-state index in [0.717, 1.165) is 16.7 Å². The first kappa shape index (κ1) is 43.6. The van der Waals surface area contributed by atoms with Gasteiger partial charge in [0, 0.05) is 46.8 Å². The highest BCUT2D eigenvalue weighted by atomic mass is 28.4. The van der Waals surface area contributed by atoms with Gasteiger partial charge in [0.25, 0.3) is 0 Å². The molecule has 2 aliphatic rings. The quantitative estimate of drug-likeness (QED) is 0.103. The topological polar surface area (TPSA) is 111 Å². The zero-order valence-corrected chi connectivity index (χ0v) is 35.2. The van der Waals surface area contributed by atoms with Gasteiger partial charge < -0.3 is 47.5 Å². The van der Waals surface area contributed by atoms with Crippen LogP contribution in [-0.4, -0.2) is 74.3 Å². The van der Waals surface area contributed by atoms with E-state index >= 15 is 0 Å². The summed E-state index contributed by atoms with van der Waals surface area (Å²) < 4.78 is 48.9. The van der Waals surface area contributed by atoms with Crippen molar-refractivity contribution in [2.24, 2.45) is 10.8 Å². The smallest absolute Gasteiger partial charge is 0.191 e. The van der Waals surface area contributed by atoms with Crippen LogP contribution in [0, 0.1) is 10.8 Å². The van der Waals surface area contributed by atoms with Crippen LogP contribution in [0.25, 0.3) is 0 Å². The zero-order valence-electron chi connectivity index (χ0n) is 34.2. The molecule has 298 valence electrons. The lowest BCUT2D eigenvalue weighted by Crippen LogP contribution is -2.41. The molecule has 1 N–H and O–H groups in total. The number of rotatable bonds is 13. The molecule has 3 aromatic carbocycles. The minimum absolute atomic E-state index is 0.0193. The van der Waals surface area contributed by atoms with E-state index in [0.29, 0.717) is 67.6 Å². The fourth-order valence-corrected chi connectivity index (χ4v) is 7.24. The number of aliphatic hydroxyl groups is 1. The second-order valence-corrected chi connectivity index (χ2v) is 22.1. The third-order valence-corrected chi connectivity index (χ3v) is 14.9. The van der Waals surface area contributed by atoms with Gasteiger partial charge in [0.1, 0.15) is 23.9 Å². The maximum Gasteiger partial charge on any atom is 0.191 e. The lowest BCUT2D eigenvalue weighted by Gasteiger charge is -2.37. The van der Waals surface area contributed by atoms with E-state index in [1.165, 1.54) is 0 Å². The van der Waals surface area contributed by atoms with E-state index in [9.17, 15) is 5.11 Å². The first-order valence-corrected chi connectivity index (χ1v) is 21.5. The average Bonchev–Trinajstić information content (AvgIpc) is 3.14. The lowest BCUT2D eigenvalue weighted by atomic mass is 9.77. The number of ether oxygens (including phenoxy) is 7. The molecule has 3 aromatic rings. The van der Waals surface area contributed by atoms with Crippen molar-refractivity contribution in [3.8, 4) is 11.5 Å². The summed E-state index contributed by atoms with van der Waals surface area (Å²) in [5, 5.41) is 13.7. The Morgan fingerprint density at radius 2 is 1.28 bits per heavy atom. The molecule has 1 unspecified atom stereocenters. The Labute approximate surface area is 323 Å². The Morgan fingerprint density at radius 1 is 0.778 bits per heavy atom. The standard InChI is InChI=1S/C42H60O9Si.CH2O/c1-39(2,3)52(10,11)51-20-19-29-13-12-14-32(21-29)42(43,33-22-30(15-17-35(33)45-9)37-46-24-40(4,5)25-47-37)34-23-31(16-18-36(34)50-28-44-8)38-48-26-41(6,7)27-49-38;1-2/h12-18,21-23,37-38,43H,19-20,24-28H2,1-11H3;1H2. The van der Waals surface area contributed by atoms with E-state index in [1.807, 2.05) is 61.4 Å². The van der Waals surface area contributed by atoms with E-state index in [2.05, 4.69) is 67.6 Å². The predicted molar refractivity (Wildman–Crippen MR) is 211 cm³/mol. The van der Waals surface area contributed by atoms with Crippen molar-refractivity contribution in [3.05, 3.63) is 94.0 Å². The minimum atomic E-state index is -1.95. The Hall–Kier alpha value is -3.13. The van der Waals surface area contributed by atoms with Crippen LogP contribution in [-0.2, 0) is 44.9 Å². The van der Waals surface area contributed by atoms with Crippen molar-refractivity contribution < 1.29 is 47.5 Å². The van der Waals surface area contributed by atoms with Crippen molar-refractivity contribution in [2.45, 2.75) is 91.2 Å². The number of carbonyl (C=O) groups excluding carboxylic acids is 1. The van der Waals surface area contributed by atoms with Gasteiger partial charge in [-0.1, -0.05) is 84.9 Å². The third-order valence-electron chi connectivity index (χ3n) is 10.4. The fourth-order valence-electron chi connectivity index (χ4n) is 6.20. The Morgan fingerprint density at radius 3 is 1.76 bits per heavy atom. The number of hydrogen-bond acceptors (Lipinski definition) is 10. The summed E-state index contributed by atoms with van der Waals surface area (Å²) in [5.74, 6) is 0.930. The largest absolute Gasteiger partial charge is 0.496 e. The third kappa shape index (κ3) is 10.2. The molecule has 1 atom stereocenters. The number of methoxy groups -OCH3 is 2. The lowest BCUT2D eigenvalue weighted by molar-refractivity contribution is -0.226. The first-order chi connectivity index (χ1) is 25.4. The van der Waals surface area contributed by atoms with Gasteiger partial charge in [-0.25, -0.2) is 0 Å². The summed E-state index contributed by atoms with van der Waals surface area (Å²) >= 11 is 0. The Balaban J connectivity index is 0.00000319. The first-order valence-electron chi connectivity index (χ1n) is 18.5. The Bertz CT molecular complexity index is 1660. The van der Waals surface area contributed by atoms with Gasteiger partial charge in [-0.3, -0.25) is 0 Å². The highest BCUT2D eigenvalue weighted by molar-refractivity contribution is 6.74. The fraction of sp³-hybridized carbons (Fsp3) is 0.558. The van der Waals surface area contributed by atoms with Gasteiger partial charge >= 0.3 is 0 Å². The summed E-state index contributed by atoms with van der Waals surface area (Å²) in [7, 11) is 1.22.